The number of hydrogen-bond acceptors (Lipinski definition) is 1. The maximum absolute atomic E-state index is 10.9. The first kappa shape index (κ1) is 9.77. The minimum atomic E-state index is -0.797. The molecule has 0 saturated heterocycles. The maximum Gasteiger partial charge on any atom is 0.310 e. The van der Waals surface area contributed by atoms with Gasteiger partial charge in [0.15, 0.2) is 0 Å². The third-order valence-corrected chi connectivity index (χ3v) is 2.66. The number of fused-ring (bicyclic) bond motifs is 1. The Balaban J connectivity index is 2.64. The standard InChI is InChI=1S/C12H13NO2/c1-7-6-9-4-3-5-10(11(9)13-7)8(2)12(14)15/h3-6,8,13H,1-2H3,(H,14,15). The lowest BCUT2D eigenvalue weighted by molar-refractivity contribution is -0.138. The number of aliphatic carboxylic acids is 1. The lowest BCUT2D eigenvalue weighted by atomic mass is 9.99. The van der Waals surface area contributed by atoms with E-state index in [9.17, 15) is 4.79 Å². The molecule has 0 saturated carbocycles. The third-order valence-electron chi connectivity index (χ3n) is 2.66. The SMILES string of the molecule is Cc1cc2cccc(C(C)C(=O)O)c2[nH]1. The summed E-state index contributed by atoms with van der Waals surface area (Å²) in [6.45, 7) is 3.67. The number of benzene rings is 1. The van der Waals surface area contributed by atoms with E-state index >= 15 is 0 Å². The summed E-state index contributed by atoms with van der Waals surface area (Å²) >= 11 is 0. The Hall–Kier alpha value is -1.77. The van der Waals surface area contributed by atoms with Crippen LogP contribution in [0, 0.1) is 6.92 Å². The highest BCUT2D eigenvalue weighted by Gasteiger charge is 2.16. The number of rotatable bonds is 2. The molecule has 15 heavy (non-hydrogen) atoms. The van der Waals surface area contributed by atoms with E-state index in [2.05, 4.69) is 4.98 Å². The molecule has 0 radical (unpaired) electrons. The van der Waals surface area contributed by atoms with Crippen LogP contribution in [0.15, 0.2) is 24.3 Å². The lowest BCUT2D eigenvalue weighted by Crippen LogP contribution is -2.07. The Morgan fingerprint density at radius 3 is 2.87 bits per heavy atom. The van der Waals surface area contributed by atoms with Crippen molar-refractivity contribution < 1.29 is 9.90 Å². The number of carboxylic acid groups (broad SMARTS) is 1. The normalized spacial score (nSPS) is 12.9. The van der Waals surface area contributed by atoms with E-state index in [1.807, 2.05) is 31.2 Å². The van der Waals surface area contributed by atoms with Crippen LogP contribution in [0.4, 0.5) is 0 Å². The van der Waals surface area contributed by atoms with Gasteiger partial charge in [0.05, 0.1) is 5.92 Å². The lowest BCUT2D eigenvalue weighted by Gasteiger charge is -2.07. The molecule has 3 heteroatoms. The molecule has 2 N–H and O–H groups in total. The van der Waals surface area contributed by atoms with Crippen molar-refractivity contribution in [2.75, 3.05) is 0 Å². The Kier molecular flexibility index (Phi) is 2.23. The van der Waals surface area contributed by atoms with Crippen molar-refractivity contribution in [2.45, 2.75) is 19.8 Å². The third kappa shape index (κ3) is 1.61. The Morgan fingerprint density at radius 2 is 2.20 bits per heavy atom. The molecule has 0 amide bonds. The first-order chi connectivity index (χ1) is 7.09. The number of aryl methyl sites for hydroxylation is 1. The first-order valence-electron chi connectivity index (χ1n) is 4.90. The minimum Gasteiger partial charge on any atom is -0.481 e. The minimum absolute atomic E-state index is 0.480. The zero-order chi connectivity index (χ0) is 11.0. The molecule has 0 aliphatic rings. The Bertz CT molecular complexity index is 513. The van der Waals surface area contributed by atoms with Crippen molar-refractivity contribution in [2.24, 2.45) is 0 Å². The molecule has 2 rings (SSSR count). The van der Waals surface area contributed by atoms with Gasteiger partial charge in [0.2, 0.25) is 0 Å². The van der Waals surface area contributed by atoms with E-state index in [-0.39, 0.29) is 0 Å². The molecule has 0 aliphatic heterocycles. The summed E-state index contributed by atoms with van der Waals surface area (Å²) in [5, 5.41) is 10.1. The fourth-order valence-electron chi connectivity index (χ4n) is 1.81. The zero-order valence-corrected chi connectivity index (χ0v) is 8.74. The van der Waals surface area contributed by atoms with Crippen LogP contribution in [0.25, 0.3) is 10.9 Å². The second kappa shape index (κ2) is 3.42. The summed E-state index contributed by atoms with van der Waals surface area (Å²) < 4.78 is 0. The van der Waals surface area contributed by atoms with Gasteiger partial charge in [-0.25, -0.2) is 0 Å². The number of aromatic amines is 1. The summed E-state index contributed by atoms with van der Waals surface area (Å²) in [5.41, 5.74) is 2.83. The summed E-state index contributed by atoms with van der Waals surface area (Å²) in [6, 6.07) is 7.76. The predicted octanol–water partition coefficient (Wildman–Crippen LogP) is 2.66. The van der Waals surface area contributed by atoms with Gasteiger partial charge < -0.3 is 10.1 Å². The number of para-hydroxylation sites is 1. The van der Waals surface area contributed by atoms with Gasteiger partial charge in [-0.2, -0.15) is 0 Å². The first-order valence-corrected chi connectivity index (χ1v) is 4.90. The van der Waals surface area contributed by atoms with Crippen LogP contribution < -0.4 is 0 Å². The van der Waals surface area contributed by atoms with Crippen LogP contribution in [-0.4, -0.2) is 16.1 Å². The number of aromatic nitrogens is 1. The summed E-state index contributed by atoms with van der Waals surface area (Å²) in [4.78, 5) is 14.1. The number of carbonyl (C=O) groups is 1. The van der Waals surface area contributed by atoms with Crippen molar-refractivity contribution >= 4 is 16.9 Å². The quantitative estimate of drug-likeness (QED) is 0.788. The topological polar surface area (TPSA) is 53.1 Å². The van der Waals surface area contributed by atoms with Crippen LogP contribution in [0.1, 0.15) is 24.1 Å². The molecule has 0 fully saturated rings. The van der Waals surface area contributed by atoms with Crippen molar-refractivity contribution in [3.63, 3.8) is 0 Å². The van der Waals surface area contributed by atoms with Crippen LogP contribution in [-0.2, 0) is 4.79 Å². The van der Waals surface area contributed by atoms with Crippen molar-refractivity contribution in [3.8, 4) is 0 Å². The smallest absolute Gasteiger partial charge is 0.310 e. The molecule has 0 aliphatic carbocycles. The second-order valence-corrected chi connectivity index (χ2v) is 3.82. The van der Waals surface area contributed by atoms with Crippen molar-refractivity contribution in [1.82, 2.24) is 4.98 Å². The average Bonchev–Trinajstić information content (AvgIpc) is 2.56. The van der Waals surface area contributed by atoms with Gasteiger partial charge in [-0.15, -0.1) is 0 Å². The highest BCUT2D eigenvalue weighted by atomic mass is 16.4. The van der Waals surface area contributed by atoms with E-state index in [0.29, 0.717) is 0 Å². The summed E-state index contributed by atoms with van der Waals surface area (Å²) in [5.74, 6) is -1.28. The van der Waals surface area contributed by atoms with Crippen molar-refractivity contribution in [1.29, 1.82) is 0 Å². The van der Waals surface area contributed by atoms with E-state index < -0.39 is 11.9 Å². The monoisotopic (exact) mass is 203 g/mol. The summed E-state index contributed by atoms with van der Waals surface area (Å²) in [6.07, 6.45) is 0. The largest absolute Gasteiger partial charge is 0.481 e. The number of hydrogen-bond donors (Lipinski definition) is 2. The molecule has 1 aromatic carbocycles. The zero-order valence-electron chi connectivity index (χ0n) is 8.74. The van der Waals surface area contributed by atoms with E-state index in [1.54, 1.807) is 6.92 Å². The highest BCUT2D eigenvalue weighted by Crippen LogP contribution is 2.25. The second-order valence-electron chi connectivity index (χ2n) is 3.82. The van der Waals surface area contributed by atoms with Gasteiger partial charge in [-0.3, -0.25) is 4.79 Å². The molecule has 1 unspecified atom stereocenters. The van der Waals surface area contributed by atoms with Gasteiger partial charge in [-0.1, -0.05) is 18.2 Å². The molecule has 3 nitrogen and oxygen atoms in total. The fourth-order valence-corrected chi connectivity index (χ4v) is 1.81. The van der Waals surface area contributed by atoms with Crippen LogP contribution in [0.2, 0.25) is 0 Å². The van der Waals surface area contributed by atoms with E-state index in [1.165, 1.54) is 0 Å². The molecule has 2 aromatic rings. The van der Waals surface area contributed by atoms with E-state index in [0.717, 1.165) is 22.2 Å². The summed E-state index contributed by atoms with van der Waals surface area (Å²) in [7, 11) is 0. The van der Waals surface area contributed by atoms with Gasteiger partial charge in [0.25, 0.3) is 0 Å². The van der Waals surface area contributed by atoms with Crippen LogP contribution in [0.5, 0.6) is 0 Å². The van der Waals surface area contributed by atoms with Gasteiger partial charge in [0, 0.05) is 11.2 Å². The average molecular weight is 203 g/mol. The molecule has 1 heterocycles. The molecular weight excluding hydrogens is 190 g/mol. The fraction of sp³-hybridized carbons (Fsp3) is 0.250. The number of nitrogens with one attached hydrogen (secondary N) is 1. The molecule has 1 atom stereocenters. The van der Waals surface area contributed by atoms with Gasteiger partial charge in [0.1, 0.15) is 0 Å². The molecule has 78 valence electrons. The van der Waals surface area contributed by atoms with Crippen molar-refractivity contribution in [3.05, 3.63) is 35.5 Å². The van der Waals surface area contributed by atoms with Crippen LogP contribution in [0.3, 0.4) is 0 Å². The predicted molar refractivity (Wildman–Crippen MR) is 59.1 cm³/mol. The number of H-pyrrole nitrogens is 1. The molecule has 1 aromatic heterocycles. The maximum atomic E-state index is 10.9. The van der Waals surface area contributed by atoms with Gasteiger partial charge in [-0.05, 0) is 30.9 Å². The molecular formula is C12H13NO2. The molecule has 0 bridgehead atoms. The highest BCUT2D eigenvalue weighted by molar-refractivity contribution is 5.88. The van der Waals surface area contributed by atoms with Gasteiger partial charge >= 0.3 is 5.97 Å². The number of carboxylic acids is 1. The van der Waals surface area contributed by atoms with Crippen LogP contribution >= 0.6 is 0 Å². The Morgan fingerprint density at radius 1 is 1.47 bits per heavy atom. The van der Waals surface area contributed by atoms with E-state index in [4.69, 9.17) is 5.11 Å². The Labute approximate surface area is 87.7 Å². The molecule has 0 spiro atoms.